The molecule has 0 aliphatic carbocycles. The molecule has 1 amide bonds. The van der Waals surface area contributed by atoms with Gasteiger partial charge in [-0.1, -0.05) is 18.2 Å². The smallest absolute Gasteiger partial charge is 0.335 e. The lowest BCUT2D eigenvalue weighted by Gasteiger charge is -2.34. The summed E-state index contributed by atoms with van der Waals surface area (Å²) < 4.78 is 5.87. The van der Waals surface area contributed by atoms with Crippen LogP contribution in [0.4, 0.5) is 0 Å². The van der Waals surface area contributed by atoms with Crippen molar-refractivity contribution >= 4 is 23.7 Å². The van der Waals surface area contributed by atoms with Gasteiger partial charge in [-0.2, -0.15) is 0 Å². The first-order valence-corrected chi connectivity index (χ1v) is 13.1. The molecule has 0 aromatic heterocycles. The van der Waals surface area contributed by atoms with Crippen molar-refractivity contribution in [1.82, 2.24) is 20.9 Å². The summed E-state index contributed by atoms with van der Waals surface area (Å²) in [7, 11) is 3.52. The second-order valence-electron chi connectivity index (χ2n) is 9.39. The predicted molar refractivity (Wildman–Crippen MR) is 156 cm³/mol. The van der Waals surface area contributed by atoms with Crippen LogP contribution in [0.1, 0.15) is 39.1 Å². The van der Waals surface area contributed by atoms with Gasteiger partial charge in [0.15, 0.2) is 0 Å². The number of benzene rings is 2. The Bertz CT molecular complexity index is 1420. The Balaban J connectivity index is 1.32. The van der Waals surface area contributed by atoms with Crippen LogP contribution in [0.25, 0.3) is 5.57 Å². The molecule has 40 heavy (non-hydrogen) atoms. The maximum Gasteiger partial charge on any atom is 0.335 e. The molecule has 9 nitrogen and oxygen atoms in total. The summed E-state index contributed by atoms with van der Waals surface area (Å²) in [5.41, 5.74) is 2.99. The van der Waals surface area contributed by atoms with E-state index in [-0.39, 0.29) is 11.5 Å². The molecule has 1 saturated heterocycles. The summed E-state index contributed by atoms with van der Waals surface area (Å²) in [6, 6.07) is 16.9. The molecule has 4 rings (SSSR count). The Morgan fingerprint density at radius 3 is 2.62 bits per heavy atom. The summed E-state index contributed by atoms with van der Waals surface area (Å²) in [6.45, 7) is 2.20. The number of hydrogen-bond donors (Lipinski definition) is 4. The van der Waals surface area contributed by atoms with Crippen molar-refractivity contribution in [3.8, 4) is 17.7 Å². The van der Waals surface area contributed by atoms with E-state index in [2.05, 4.69) is 37.8 Å². The van der Waals surface area contributed by atoms with Gasteiger partial charge in [0.2, 0.25) is 0 Å². The largest absolute Gasteiger partial charge is 0.493 e. The minimum Gasteiger partial charge on any atom is -0.493 e. The van der Waals surface area contributed by atoms with Gasteiger partial charge in [0, 0.05) is 56.8 Å². The molecule has 9 heteroatoms. The number of nitrogens with zero attached hydrogens (tertiary/aromatic N) is 2. The molecule has 206 valence electrons. The lowest BCUT2D eigenvalue weighted by atomic mass is 9.98. The molecule has 0 bridgehead atoms. The zero-order valence-corrected chi connectivity index (χ0v) is 22.6. The molecule has 2 heterocycles. The number of aromatic carboxylic acids is 1. The number of carbonyl (C=O) groups is 2. The van der Waals surface area contributed by atoms with Crippen LogP contribution in [0.3, 0.4) is 0 Å². The van der Waals surface area contributed by atoms with Crippen molar-refractivity contribution in [2.24, 2.45) is 10.9 Å². The van der Waals surface area contributed by atoms with Crippen LogP contribution in [0, 0.1) is 17.9 Å². The van der Waals surface area contributed by atoms with E-state index in [1.54, 1.807) is 43.6 Å². The number of carbonyl (C=O) groups excluding carboxylic acids is 1. The maximum atomic E-state index is 13.0. The quantitative estimate of drug-likeness (QED) is 0.270. The van der Waals surface area contributed by atoms with E-state index in [4.69, 9.17) is 9.84 Å². The molecule has 2 aromatic carbocycles. The van der Waals surface area contributed by atoms with E-state index in [9.17, 15) is 9.59 Å². The van der Waals surface area contributed by atoms with Gasteiger partial charge in [-0.25, -0.2) is 4.79 Å². The first kappa shape index (κ1) is 28.0. The third kappa shape index (κ3) is 7.54. The fourth-order valence-electron chi connectivity index (χ4n) is 4.46. The van der Waals surface area contributed by atoms with Gasteiger partial charge in [0.1, 0.15) is 11.6 Å². The van der Waals surface area contributed by atoms with Gasteiger partial charge in [-0.3, -0.25) is 9.79 Å². The highest BCUT2D eigenvalue weighted by Gasteiger charge is 2.22. The molecule has 0 unspecified atom stereocenters. The first-order chi connectivity index (χ1) is 19.5. The van der Waals surface area contributed by atoms with Crippen molar-refractivity contribution in [1.29, 1.82) is 0 Å². The molecule has 2 aromatic rings. The van der Waals surface area contributed by atoms with Crippen LogP contribution < -0.4 is 20.7 Å². The first-order valence-electron chi connectivity index (χ1n) is 13.1. The van der Waals surface area contributed by atoms with Crippen LogP contribution >= 0.6 is 0 Å². The van der Waals surface area contributed by atoms with Gasteiger partial charge in [-0.05, 0) is 72.7 Å². The Hall–Kier alpha value is -4.97. The van der Waals surface area contributed by atoms with Crippen molar-refractivity contribution in [2.45, 2.75) is 12.8 Å². The molecule has 2 aliphatic heterocycles. The summed E-state index contributed by atoms with van der Waals surface area (Å²) in [6.07, 6.45) is 9.16. The Morgan fingerprint density at radius 2 is 1.88 bits per heavy atom. The third-order valence-corrected chi connectivity index (χ3v) is 6.59. The predicted octanol–water partition coefficient (Wildman–Crippen LogP) is 3.46. The van der Waals surface area contributed by atoms with Gasteiger partial charge >= 0.3 is 5.97 Å². The SMILES string of the molecule is CN=C/C(=C\NC)c1cccc(C(=O)NC2=CC=C(N3CCC(COc4cccc(C(=O)O)c4)CC3)NC#C2)c1. The summed E-state index contributed by atoms with van der Waals surface area (Å²) >= 11 is 0. The summed E-state index contributed by atoms with van der Waals surface area (Å²) in [4.78, 5) is 30.5. The van der Waals surface area contributed by atoms with E-state index in [0.717, 1.165) is 42.9 Å². The molecule has 1 fully saturated rings. The highest BCUT2D eigenvalue weighted by atomic mass is 16.5. The molecular weight excluding hydrogens is 506 g/mol. The van der Waals surface area contributed by atoms with E-state index in [1.807, 2.05) is 43.6 Å². The number of rotatable bonds is 10. The standard InChI is InChI=1S/C31H33N5O4/c1-32-19-26(20-33-2)23-5-3-6-24(17-23)30(37)35-27-9-10-29(34-14-11-27)36-15-12-22(13-16-36)21-40-28-8-4-7-25(18-28)31(38)39/h3-10,17-20,22,32,34H,12-13,15-16,21H2,1-2H3,(H,35,37)(H,38,39)/b26-19+,33-20?. The number of ether oxygens (including phenoxy) is 1. The number of aliphatic imine (C=N–C) groups is 1. The lowest BCUT2D eigenvalue weighted by Crippen LogP contribution is -2.38. The Kier molecular flexibility index (Phi) is 9.62. The Labute approximate surface area is 234 Å². The number of hydrogen-bond acceptors (Lipinski definition) is 7. The average Bonchev–Trinajstić information content (AvgIpc) is 3.22. The highest BCUT2D eigenvalue weighted by Crippen LogP contribution is 2.22. The minimum atomic E-state index is -0.967. The molecule has 0 atom stereocenters. The highest BCUT2D eigenvalue weighted by molar-refractivity contribution is 6.10. The number of nitrogens with one attached hydrogen (secondary N) is 3. The molecular formula is C31H33N5O4. The van der Waals surface area contributed by atoms with Crippen LogP contribution in [0.2, 0.25) is 0 Å². The van der Waals surface area contributed by atoms with Crippen molar-refractivity contribution in [3.63, 3.8) is 0 Å². The fraction of sp³-hybridized carbons (Fsp3) is 0.258. The number of amides is 1. The van der Waals surface area contributed by atoms with Crippen molar-refractivity contribution in [2.75, 3.05) is 33.8 Å². The van der Waals surface area contributed by atoms with Crippen LogP contribution in [0.5, 0.6) is 5.75 Å². The van der Waals surface area contributed by atoms with E-state index in [0.29, 0.717) is 29.5 Å². The van der Waals surface area contributed by atoms with Gasteiger partial charge in [0.05, 0.1) is 17.9 Å². The minimum absolute atomic E-state index is 0.217. The monoisotopic (exact) mass is 539 g/mol. The molecule has 2 aliphatic rings. The number of allylic oxidation sites excluding steroid dienone is 4. The normalized spacial score (nSPS) is 15.7. The maximum absolute atomic E-state index is 13.0. The van der Waals surface area contributed by atoms with Gasteiger partial charge in [0.25, 0.3) is 5.91 Å². The molecule has 0 saturated carbocycles. The third-order valence-electron chi connectivity index (χ3n) is 6.59. The van der Waals surface area contributed by atoms with Gasteiger partial charge in [-0.15, -0.1) is 0 Å². The molecule has 4 N–H and O–H groups in total. The zero-order chi connectivity index (χ0) is 28.3. The van der Waals surface area contributed by atoms with Crippen molar-refractivity contribution < 1.29 is 19.4 Å². The van der Waals surface area contributed by atoms with Crippen LogP contribution in [-0.2, 0) is 0 Å². The Morgan fingerprint density at radius 1 is 1.12 bits per heavy atom. The number of carboxylic acid groups (broad SMARTS) is 1. The van der Waals surface area contributed by atoms with Gasteiger partial charge < -0.3 is 30.7 Å². The number of likely N-dealkylation sites (tertiary alicyclic amines) is 1. The lowest BCUT2D eigenvalue weighted by molar-refractivity contribution is 0.0696. The number of piperidine rings is 1. The van der Waals surface area contributed by atoms with E-state index in [1.165, 1.54) is 0 Å². The van der Waals surface area contributed by atoms with Crippen LogP contribution in [-0.4, -0.2) is 61.9 Å². The summed E-state index contributed by atoms with van der Waals surface area (Å²) in [5, 5.41) is 18.2. The average molecular weight is 540 g/mol. The molecule has 0 radical (unpaired) electrons. The zero-order valence-electron chi connectivity index (χ0n) is 22.6. The second-order valence-corrected chi connectivity index (χ2v) is 9.39. The van der Waals surface area contributed by atoms with E-state index < -0.39 is 5.97 Å². The van der Waals surface area contributed by atoms with Crippen LogP contribution in [0.15, 0.2) is 83.4 Å². The van der Waals surface area contributed by atoms with Crippen molar-refractivity contribution in [3.05, 3.63) is 95.1 Å². The fourth-order valence-corrected chi connectivity index (χ4v) is 4.46. The second kappa shape index (κ2) is 13.7. The topological polar surface area (TPSA) is 115 Å². The summed E-state index contributed by atoms with van der Waals surface area (Å²) in [5.74, 6) is 3.59. The van der Waals surface area contributed by atoms with E-state index >= 15 is 0 Å². The molecule has 0 spiro atoms. The number of carboxylic acids is 1.